The molecule has 0 saturated carbocycles. The first-order chi connectivity index (χ1) is 10.7. The molecule has 0 aliphatic carbocycles. The number of methoxy groups -OCH3 is 1. The highest BCUT2D eigenvalue weighted by molar-refractivity contribution is 5.40. The van der Waals surface area contributed by atoms with E-state index in [4.69, 9.17) is 9.47 Å². The number of benzene rings is 1. The summed E-state index contributed by atoms with van der Waals surface area (Å²) in [6.07, 6.45) is 1.85. The lowest BCUT2D eigenvalue weighted by Gasteiger charge is -2.10. The van der Waals surface area contributed by atoms with Gasteiger partial charge in [-0.2, -0.15) is 4.98 Å². The lowest BCUT2D eigenvalue weighted by atomic mass is 10.2. The number of anilines is 1. The molecule has 22 heavy (non-hydrogen) atoms. The van der Waals surface area contributed by atoms with Crippen LogP contribution in [0.3, 0.4) is 0 Å². The molecule has 118 valence electrons. The van der Waals surface area contributed by atoms with Gasteiger partial charge in [0, 0.05) is 19.0 Å². The van der Waals surface area contributed by atoms with E-state index in [-0.39, 0.29) is 0 Å². The van der Waals surface area contributed by atoms with Crippen molar-refractivity contribution in [3.8, 4) is 11.6 Å². The number of nitrogens with zero attached hydrogens (tertiary/aromatic N) is 2. The van der Waals surface area contributed by atoms with E-state index < -0.39 is 0 Å². The van der Waals surface area contributed by atoms with Gasteiger partial charge in [0.25, 0.3) is 0 Å². The summed E-state index contributed by atoms with van der Waals surface area (Å²) in [7, 11) is 1.67. The standard InChI is InChI=1S/C17H23N3O2/c1-4-6-15-19-16(11-17(20-15)22-5-2)18-12-13-7-9-14(21-3)10-8-13/h7-11H,4-6,12H2,1-3H3,(H,18,19,20). The molecule has 0 spiro atoms. The average Bonchev–Trinajstić information content (AvgIpc) is 2.54. The Bertz CT molecular complexity index is 561. The van der Waals surface area contributed by atoms with Crippen LogP contribution >= 0.6 is 0 Å². The van der Waals surface area contributed by atoms with Crippen molar-refractivity contribution in [2.75, 3.05) is 19.0 Å². The fourth-order valence-electron chi connectivity index (χ4n) is 2.06. The molecule has 5 heteroatoms. The van der Waals surface area contributed by atoms with Crippen molar-refractivity contribution >= 4 is 5.82 Å². The summed E-state index contributed by atoms with van der Waals surface area (Å²) in [6.45, 7) is 5.35. The maximum Gasteiger partial charge on any atom is 0.218 e. The molecule has 2 rings (SSSR count). The second-order valence-electron chi connectivity index (χ2n) is 4.89. The van der Waals surface area contributed by atoms with Gasteiger partial charge in [0.2, 0.25) is 5.88 Å². The molecular weight excluding hydrogens is 278 g/mol. The fraction of sp³-hybridized carbons (Fsp3) is 0.412. The molecule has 0 amide bonds. The van der Waals surface area contributed by atoms with Crippen molar-refractivity contribution in [3.05, 3.63) is 41.7 Å². The van der Waals surface area contributed by atoms with Gasteiger partial charge in [-0.25, -0.2) is 4.98 Å². The zero-order chi connectivity index (χ0) is 15.8. The predicted octanol–water partition coefficient (Wildman–Crippen LogP) is 3.45. The van der Waals surface area contributed by atoms with Gasteiger partial charge in [0.1, 0.15) is 17.4 Å². The molecule has 0 saturated heterocycles. The maximum absolute atomic E-state index is 5.51. The van der Waals surface area contributed by atoms with Gasteiger partial charge in [0.05, 0.1) is 13.7 Å². The van der Waals surface area contributed by atoms with Crippen molar-refractivity contribution in [2.45, 2.75) is 33.2 Å². The van der Waals surface area contributed by atoms with Crippen LogP contribution in [0.1, 0.15) is 31.7 Å². The van der Waals surface area contributed by atoms with Gasteiger partial charge in [-0.1, -0.05) is 19.1 Å². The van der Waals surface area contributed by atoms with Crippen LogP contribution in [0.5, 0.6) is 11.6 Å². The largest absolute Gasteiger partial charge is 0.497 e. The van der Waals surface area contributed by atoms with Crippen LogP contribution in [0.2, 0.25) is 0 Å². The monoisotopic (exact) mass is 301 g/mol. The van der Waals surface area contributed by atoms with Crippen LogP contribution in [0.4, 0.5) is 5.82 Å². The molecule has 0 unspecified atom stereocenters. The van der Waals surface area contributed by atoms with E-state index >= 15 is 0 Å². The Kier molecular flexibility index (Phi) is 6.01. The number of aryl methyl sites for hydroxylation is 1. The van der Waals surface area contributed by atoms with E-state index in [1.807, 2.05) is 37.3 Å². The lowest BCUT2D eigenvalue weighted by molar-refractivity contribution is 0.325. The van der Waals surface area contributed by atoms with Crippen molar-refractivity contribution < 1.29 is 9.47 Å². The minimum absolute atomic E-state index is 0.598. The quantitative estimate of drug-likeness (QED) is 0.809. The highest BCUT2D eigenvalue weighted by Crippen LogP contribution is 2.17. The molecule has 0 radical (unpaired) electrons. The highest BCUT2D eigenvalue weighted by Gasteiger charge is 2.05. The Hall–Kier alpha value is -2.30. The number of aromatic nitrogens is 2. The first-order valence-electron chi connectivity index (χ1n) is 7.62. The van der Waals surface area contributed by atoms with Crippen molar-refractivity contribution in [2.24, 2.45) is 0 Å². The molecule has 1 heterocycles. The summed E-state index contributed by atoms with van der Waals surface area (Å²) >= 11 is 0. The molecule has 2 aromatic rings. The Morgan fingerprint density at radius 3 is 2.50 bits per heavy atom. The van der Waals surface area contributed by atoms with Crippen molar-refractivity contribution in [3.63, 3.8) is 0 Å². The van der Waals surface area contributed by atoms with Crippen molar-refractivity contribution in [1.29, 1.82) is 0 Å². The number of hydrogen-bond acceptors (Lipinski definition) is 5. The minimum atomic E-state index is 0.598. The summed E-state index contributed by atoms with van der Waals surface area (Å²) in [5, 5.41) is 3.32. The summed E-state index contributed by atoms with van der Waals surface area (Å²) in [5.41, 5.74) is 1.16. The van der Waals surface area contributed by atoms with Crippen LogP contribution in [0, 0.1) is 0 Å². The third kappa shape index (κ3) is 4.62. The zero-order valence-electron chi connectivity index (χ0n) is 13.4. The smallest absolute Gasteiger partial charge is 0.218 e. The predicted molar refractivity (Wildman–Crippen MR) is 87.5 cm³/mol. The minimum Gasteiger partial charge on any atom is -0.497 e. The Morgan fingerprint density at radius 1 is 1.09 bits per heavy atom. The van der Waals surface area contributed by atoms with Gasteiger partial charge in [-0.05, 0) is 31.0 Å². The first kappa shape index (κ1) is 16.1. The van der Waals surface area contributed by atoms with Crippen LogP contribution in [-0.4, -0.2) is 23.7 Å². The molecule has 1 aromatic carbocycles. The third-order valence-corrected chi connectivity index (χ3v) is 3.15. The number of hydrogen-bond donors (Lipinski definition) is 1. The van der Waals surface area contributed by atoms with Crippen LogP contribution in [0.25, 0.3) is 0 Å². The van der Waals surface area contributed by atoms with E-state index in [1.165, 1.54) is 0 Å². The molecule has 0 bridgehead atoms. The Balaban J connectivity index is 2.06. The number of ether oxygens (including phenoxy) is 2. The SMILES string of the molecule is CCCc1nc(NCc2ccc(OC)cc2)cc(OCC)n1. The molecule has 1 aromatic heterocycles. The Morgan fingerprint density at radius 2 is 1.86 bits per heavy atom. The molecule has 5 nitrogen and oxygen atoms in total. The molecular formula is C17H23N3O2. The normalized spacial score (nSPS) is 10.3. The summed E-state index contributed by atoms with van der Waals surface area (Å²) in [4.78, 5) is 8.93. The molecule has 0 atom stereocenters. The maximum atomic E-state index is 5.51. The first-order valence-corrected chi connectivity index (χ1v) is 7.62. The topological polar surface area (TPSA) is 56.3 Å². The third-order valence-electron chi connectivity index (χ3n) is 3.15. The van der Waals surface area contributed by atoms with E-state index in [9.17, 15) is 0 Å². The molecule has 0 fully saturated rings. The second kappa shape index (κ2) is 8.22. The summed E-state index contributed by atoms with van der Waals surface area (Å²) < 4.78 is 10.7. The van der Waals surface area contributed by atoms with Crippen LogP contribution < -0.4 is 14.8 Å². The van der Waals surface area contributed by atoms with E-state index in [0.717, 1.165) is 35.8 Å². The van der Waals surface area contributed by atoms with Gasteiger partial charge in [-0.15, -0.1) is 0 Å². The van der Waals surface area contributed by atoms with Gasteiger partial charge in [0.15, 0.2) is 0 Å². The number of nitrogens with one attached hydrogen (secondary N) is 1. The van der Waals surface area contributed by atoms with Gasteiger partial charge >= 0.3 is 0 Å². The van der Waals surface area contributed by atoms with E-state index in [0.29, 0.717) is 19.0 Å². The Labute approximate surface area is 131 Å². The zero-order valence-corrected chi connectivity index (χ0v) is 13.4. The fourth-order valence-corrected chi connectivity index (χ4v) is 2.06. The molecule has 1 N–H and O–H groups in total. The lowest BCUT2D eigenvalue weighted by Crippen LogP contribution is -2.06. The molecule has 0 aliphatic rings. The van der Waals surface area contributed by atoms with Gasteiger partial charge in [-0.3, -0.25) is 0 Å². The van der Waals surface area contributed by atoms with Crippen LogP contribution in [-0.2, 0) is 13.0 Å². The summed E-state index contributed by atoms with van der Waals surface area (Å²) in [6, 6.07) is 9.80. The van der Waals surface area contributed by atoms with Gasteiger partial charge < -0.3 is 14.8 Å². The van der Waals surface area contributed by atoms with Crippen LogP contribution in [0.15, 0.2) is 30.3 Å². The summed E-state index contributed by atoms with van der Waals surface area (Å²) in [5.74, 6) is 3.08. The highest BCUT2D eigenvalue weighted by atomic mass is 16.5. The average molecular weight is 301 g/mol. The van der Waals surface area contributed by atoms with E-state index in [1.54, 1.807) is 7.11 Å². The van der Waals surface area contributed by atoms with E-state index in [2.05, 4.69) is 22.2 Å². The molecule has 0 aliphatic heterocycles. The van der Waals surface area contributed by atoms with Crippen molar-refractivity contribution in [1.82, 2.24) is 9.97 Å². The second-order valence-corrected chi connectivity index (χ2v) is 4.89. The number of rotatable bonds is 8.